The lowest BCUT2D eigenvalue weighted by molar-refractivity contribution is 0.186. The maximum Gasteiger partial charge on any atom is 0.191 e. The van der Waals surface area contributed by atoms with Crippen molar-refractivity contribution in [3.05, 3.63) is 65.5 Å². The minimum atomic E-state index is -0.591. The highest BCUT2D eigenvalue weighted by Crippen LogP contribution is 2.15. The summed E-state index contributed by atoms with van der Waals surface area (Å²) in [4.78, 5) is 11.5. The molecule has 1 aliphatic heterocycles. The summed E-state index contributed by atoms with van der Waals surface area (Å²) >= 11 is 0. The van der Waals surface area contributed by atoms with E-state index in [-0.39, 0.29) is 24.0 Å². The molecule has 3 N–H and O–H groups in total. The van der Waals surface area contributed by atoms with Gasteiger partial charge in [0.05, 0.1) is 18.3 Å². The molecule has 0 spiro atoms. The van der Waals surface area contributed by atoms with Crippen LogP contribution in [-0.4, -0.2) is 53.2 Å². The van der Waals surface area contributed by atoms with Gasteiger partial charge >= 0.3 is 0 Å². The molecule has 0 saturated carbocycles. The third kappa shape index (κ3) is 7.85. The molecule has 0 bridgehead atoms. The Kier molecular flexibility index (Phi) is 10.5. The minimum absolute atomic E-state index is 0. The van der Waals surface area contributed by atoms with Crippen molar-refractivity contribution in [2.75, 3.05) is 26.2 Å². The lowest BCUT2D eigenvalue weighted by atomic mass is 10.0. The molecule has 1 aromatic carbocycles. The third-order valence-corrected chi connectivity index (χ3v) is 5.27. The van der Waals surface area contributed by atoms with Crippen LogP contribution >= 0.6 is 24.0 Å². The van der Waals surface area contributed by atoms with Crippen molar-refractivity contribution in [3.63, 3.8) is 0 Å². The van der Waals surface area contributed by atoms with Crippen molar-refractivity contribution in [2.45, 2.75) is 45.4 Å². The summed E-state index contributed by atoms with van der Waals surface area (Å²) in [5.74, 6) is 0.779. The van der Waals surface area contributed by atoms with E-state index < -0.39 is 6.10 Å². The number of aliphatic imine (C=N–C) groups is 1. The van der Waals surface area contributed by atoms with Gasteiger partial charge < -0.3 is 15.7 Å². The van der Waals surface area contributed by atoms with Crippen molar-refractivity contribution < 1.29 is 5.11 Å². The first-order valence-corrected chi connectivity index (χ1v) is 10.6. The minimum Gasteiger partial charge on any atom is -0.386 e. The Hall–Kier alpha value is -1.71. The quantitative estimate of drug-likeness (QED) is 0.295. The summed E-state index contributed by atoms with van der Waals surface area (Å²) in [6.07, 6.45) is 3.40. The van der Waals surface area contributed by atoms with E-state index in [2.05, 4.69) is 38.5 Å². The number of rotatable bonds is 7. The van der Waals surface area contributed by atoms with Gasteiger partial charge in [-0.2, -0.15) is 0 Å². The molecule has 2 heterocycles. The van der Waals surface area contributed by atoms with E-state index in [4.69, 9.17) is 0 Å². The smallest absolute Gasteiger partial charge is 0.191 e. The Bertz CT molecular complexity index is 761. The van der Waals surface area contributed by atoms with Crippen LogP contribution in [0.2, 0.25) is 0 Å². The summed E-state index contributed by atoms with van der Waals surface area (Å²) in [6, 6.07) is 14.4. The molecule has 1 aromatic heterocycles. The van der Waals surface area contributed by atoms with Crippen LogP contribution in [0.4, 0.5) is 0 Å². The zero-order valence-corrected chi connectivity index (χ0v) is 20.3. The standard InChI is InChI=1S/C23H33N5O.HI/c1-3-24-23(26-16-22(29)19-9-7-18(2)8-10-19)27-20-11-14-28(15-12-20)17-21-6-4-5-13-25-21;/h4-10,13,20,22,29H,3,11-12,14-17H2,1-2H3,(H2,24,26,27);1H. The molecule has 7 heteroatoms. The highest BCUT2D eigenvalue weighted by atomic mass is 127. The Morgan fingerprint density at radius 3 is 2.57 bits per heavy atom. The topological polar surface area (TPSA) is 72.8 Å². The number of pyridine rings is 1. The van der Waals surface area contributed by atoms with Crippen LogP contribution in [0.5, 0.6) is 0 Å². The first-order valence-electron chi connectivity index (χ1n) is 10.6. The number of hydrogen-bond donors (Lipinski definition) is 3. The monoisotopic (exact) mass is 523 g/mol. The second kappa shape index (κ2) is 12.9. The van der Waals surface area contributed by atoms with E-state index in [1.165, 1.54) is 5.56 Å². The molecule has 3 rings (SSSR count). The number of guanidine groups is 1. The van der Waals surface area contributed by atoms with Gasteiger partial charge in [0.1, 0.15) is 0 Å². The molecule has 6 nitrogen and oxygen atoms in total. The number of aliphatic hydroxyl groups is 1. The van der Waals surface area contributed by atoms with Gasteiger partial charge in [-0.25, -0.2) is 0 Å². The summed E-state index contributed by atoms with van der Waals surface area (Å²) < 4.78 is 0. The maximum atomic E-state index is 10.4. The molecular weight excluding hydrogens is 489 g/mol. The van der Waals surface area contributed by atoms with Gasteiger partial charge in [0.15, 0.2) is 5.96 Å². The number of aryl methyl sites for hydroxylation is 1. The van der Waals surface area contributed by atoms with E-state index in [0.29, 0.717) is 12.6 Å². The second-order valence-corrected chi connectivity index (χ2v) is 7.66. The molecule has 1 atom stereocenters. The van der Waals surface area contributed by atoms with Crippen LogP contribution in [0.15, 0.2) is 53.7 Å². The van der Waals surface area contributed by atoms with Crippen molar-refractivity contribution in [1.29, 1.82) is 0 Å². The normalized spacial score (nSPS) is 16.6. The molecule has 0 aliphatic carbocycles. The molecule has 1 fully saturated rings. The molecule has 0 amide bonds. The van der Waals surface area contributed by atoms with E-state index in [1.807, 2.05) is 49.5 Å². The van der Waals surface area contributed by atoms with Gasteiger partial charge in [-0.3, -0.25) is 14.9 Å². The molecule has 2 aromatic rings. The van der Waals surface area contributed by atoms with Gasteiger partial charge in [0, 0.05) is 38.4 Å². The van der Waals surface area contributed by atoms with Gasteiger partial charge in [-0.05, 0) is 44.4 Å². The zero-order chi connectivity index (χ0) is 20.5. The molecule has 1 aliphatic rings. The largest absolute Gasteiger partial charge is 0.386 e. The van der Waals surface area contributed by atoms with Crippen LogP contribution in [0.1, 0.15) is 42.7 Å². The first kappa shape index (κ1) is 24.6. The lowest BCUT2D eigenvalue weighted by Gasteiger charge is -2.32. The molecule has 30 heavy (non-hydrogen) atoms. The van der Waals surface area contributed by atoms with Gasteiger partial charge in [0.2, 0.25) is 0 Å². The SMILES string of the molecule is CCNC(=NCC(O)c1ccc(C)cc1)NC1CCN(Cc2ccccn2)CC1.I. The summed E-state index contributed by atoms with van der Waals surface area (Å²) in [6.45, 7) is 8.23. The molecule has 1 unspecified atom stereocenters. The highest BCUT2D eigenvalue weighted by Gasteiger charge is 2.20. The number of likely N-dealkylation sites (tertiary alicyclic amines) is 1. The molecule has 1 saturated heterocycles. The van der Waals surface area contributed by atoms with Crippen LogP contribution in [0.3, 0.4) is 0 Å². The number of nitrogens with one attached hydrogen (secondary N) is 2. The molecule has 164 valence electrons. The average Bonchev–Trinajstić information content (AvgIpc) is 2.74. The van der Waals surface area contributed by atoms with Gasteiger partial charge in [0.25, 0.3) is 0 Å². The van der Waals surface area contributed by atoms with E-state index >= 15 is 0 Å². The van der Waals surface area contributed by atoms with E-state index in [0.717, 1.165) is 56.2 Å². The number of piperidine rings is 1. The number of halogens is 1. The van der Waals surface area contributed by atoms with Crippen molar-refractivity contribution in [2.24, 2.45) is 4.99 Å². The number of benzene rings is 1. The number of aliphatic hydroxyl groups excluding tert-OH is 1. The van der Waals surface area contributed by atoms with Gasteiger partial charge in [-0.15, -0.1) is 24.0 Å². The van der Waals surface area contributed by atoms with Crippen molar-refractivity contribution in [1.82, 2.24) is 20.5 Å². The van der Waals surface area contributed by atoms with E-state index in [1.54, 1.807) is 0 Å². The second-order valence-electron chi connectivity index (χ2n) is 7.66. The fraction of sp³-hybridized carbons (Fsp3) is 0.478. The molecule has 0 radical (unpaired) electrons. The van der Waals surface area contributed by atoms with E-state index in [9.17, 15) is 5.11 Å². The number of aromatic nitrogens is 1. The predicted octanol–water partition coefficient (Wildman–Crippen LogP) is 3.26. The zero-order valence-electron chi connectivity index (χ0n) is 17.9. The number of nitrogens with zero attached hydrogens (tertiary/aromatic N) is 3. The predicted molar refractivity (Wildman–Crippen MR) is 133 cm³/mol. The Morgan fingerprint density at radius 1 is 1.20 bits per heavy atom. The summed E-state index contributed by atoms with van der Waals surface area (Å²) in [5.41, 5.74) is 3.21. The maximum absolute atomic E-state index is 10.4. The summed E-state index contributed by atoms with van der Waals surface area (Å²) in [7, 11) is 0. The van der Waals surface area contributed by atoms with Crippen molar-refractivity contribution in [3.8, 4) is 0 Å². The van der Waals surface area contributed by atoms with Crippen molar-refractivity contribution >= 4 is 29.9 Å². The van der Waals surface area contributed by atoms with Crippen LogP contribution in [0.25, 0.3) is 0 Å². The van der Waals surface area contributed by atoms with Crippen LogP contribution in [0, 0.1) is 6.92 Å². The van der Waals surface area contributed by atoms with Gasteiger partial charge in [-0.1, -0.05) is 35.9 Å². The lowest BCUT2D eigenvalue weighted by Crippen LogP contribution is -2.48. The van der Waals surface area contributed by atoms with Crippen LogP contribution in [-0.2, 0) is 6.54 Å². The average molecular weight is 523 g/mol. The Balaban J connectivity index is 0.00000320. The fourth-order valence-electron chi connectivity index (χ4n) is 3.54. The molecular formula is C23H34IN5O. The third-order valence-electron chi connectivity index (χ3n) is 5.27. The summed E-state index contributed by atoms with van der Waals surface area (Å²) in [5, 5.41) is 17.3. The number of hydrogen-bond acceptors (Lipinski definition) is 4. The fourth-order valence-corrected chi connectivity index (χ4v) is 3.54. The Labute approximate surface area is 197 Å². The van der Waals surface area contributed by atoms with Crippen LogP contribution < -0.4 is 10.6 Å². The first-order chi connectivity index (χ1) is 14.1. The Morgan fingerprint density at radius 2 is 1.93 bits per heavy atom. The highest BCUT2D eigenvalue weighted by molar-refractivity contribution is 14.0.